The van der Waals surface area contributed by atoms with E-state index in [0.29, 0.717) is 5.69 Å². The van der Waals surface area contributed by atoms with Crippen LogP contribution in [-0.2, 0) is 0 Å². The largest absolute Gasteiger partial charge is 0.505 e. The lowest BCUT2D eigenvalue weighted by Gasteiger charge is -2.07. The zero-order chi connectivity index (χ0) is 10.8. The molecule has 0 aliphatic heterocycles. The molecule has 2 N–H and O–H groups in total. The van der Waals surface area contributed by atoms with Gasteiger partial charge in [0.2, 0.25) is 0 Å². The van der Waals surface area contributed by atoms with Gasteiger partial charge in [-0.05, 0) is 24.3 Å². The standard InChI is InChI=1S/C11H9NO3/c13-10-8(11(14)15)4-3-5-9(10)12-6-1-2-7-12/h1-7,13H,(H,14,15). The third kappa shape index (κ3) is 1.57. The Bertz CT molecular complexity index is 489. The number of carbonyl (C=O) groups is 1. The number of benzene rings is 1. The Morgan fingerprint density at radius 1 is 1.13 bits per heavy atom. The van der Waals surface area contributed by atoms with Gasteiger partial charge in [0.25, 0.3) is 0 Å². The van der Waals surface area contributed by atoms with Gasteiger partial charge in [-0.2, -0.15) is 0 Å². The van der Waals surface area contributed by atoms with E-state index in [1.165, 1.54) is 6.07 Å². The molecule has 0 unspecified atom stereocenters. The van der Waals surface area contributed by atoms with Crippen LogP contribution in [0.1, 0.15) is 10.4 Å². The van der Waals surface area contributed by atoms with E-state index >= 15 is 0 Å². The molecule has 1 aromatic heterocycles. The van der Waals surface area contributed by atoms with Crippen LogP contribution >= 0.6 is 0 Å². The zero-order valence-electron chi connectivity index (χ0n) is 7.79. The summed E-state index contributed by atoms with van der Waals surface area (Å²) < 4.78 is 1.65. The molecule has 0 saturated carbocycles. The third-order valence-corrected chi connectivity index (χ3v) is 2.13. The van der Waals surface area contributed by atoms with Crippen LogP contribution < -0.4 is 0 Å². The van der Waals surface area contributed by atoms with Crippen LogP contribution in [0.3, 0.4) is 0 Å². The van der Waals surface area contributed by atoms with Crippen molar-refractivity contribution in [3.8, 4) is 11.4 Å². The Morgan fingerprint density at radius 3 is 2.40 bits per heavy atom. The van der Waals surface area contributed by atoms with Crippen LogP contribution in [0.5, 0.6) is 5.75 Å². The van der Waals surface area contributed by atoms with Gasteiger partial charge in [-0.15, -0.1) is 0 Å². The van der Waals surface area contributed by atoms with E-state index in [1.807, 2.05) is 0 Å². The molecule has 0 amide bonds. The Hall–Kier alpha value is -2.23. The fourth-order valence-corrected chi connectivity index (χ4v) is 1.41. The predicted octanol–water partition coefficient (Wildman–Crippen LogP) is 1.88. The zero-order valence-corrected chi connectivity index (χ0v) is 7.79. The van der Waals surface area contributed by atoms with Crippen LogP contribution in [0.25, 0.3) is 5.69 Å². The van der Waals surface area contributed by atoms with Crippen molar-refractivity contribution in [2.45, 2.75) is 0 Å². The van der Waals surface area contributed by atoms with E-state index in [4.69, 9.17) is 5.11 Å². The minimum absolute atomic E-state index is 0.0961. The lowest BCUT2D eigenvalue weighted by atomic mass is 10.1. The van der Waals surface area contributed by atoms with E-state index in [-0.39, 0.29) is 11.3 Å². The van der Waals surface area contributed by atoms with Crippen molar-refractivity contribution < 1.29 is 15.0 Å². The Morgan fingerprint density at radius 2 is 1.80 bits per heavy atom. The number of hydrogen-bond donors (Lipinski definition) is 2. The second kappa shape index (κ2) is 3.49. The molecule has 2 aromatic rings. The van der Waals surface area contributed by atoms with E-state index in [9.17, 15) is 9.90 Å². The topological polar surface area (TPSA) is 62.5 Å². The second-order valence-corrected chi connectivity index (χ2v) is 3.07. The Kier molecular flexibility index (Phi) is 2.17. The summed E-state index contributed by atoms with van der Waals surface area (Å²) in [4.78, 5) is 10.8. The number of aromatic hydroxyl groups is 1. The lowest BCUT2D eigenvalue weighted by molar-refractivity contribution is 0.0693. The van der Waals surface area contributed by atoms with Crippen LogP contribution in [0.15, 0.2) is 42.7 Å². The molecule has 1 heterocycles. The van der Waals surface area contributed by atoms with Crippen molar-refractivity contribution >= 4 is 5.97 Å². The number of rotatable bonds is 2. The summed E-state index contributed by atoms with van der Waals surface area (Å²) >= 11 is 0. The van der Waals surface area contributed by atoms with E-state index in [2.05, 4.69) is 0 Å². The molecule has 15 heavy (non-hydrogen) atoms. The SMILES string of the molecule is O=C(O)c1cccc(-n2cccc2)c1O. The summed E-state index contributed by atoms with van der Waals surface area (Å²) in [7, 11) is 0. The van der Waals surface area contributed by atoms with Gasteiger partial charge in [0.1, 0.15) is 5.56 Å². The number of aromatic nitrogens is 1. The van der Waals surface area contributed by atoms with Gasteiger partial charge in [-0.3, -0.25) is 0 Å². The van der Waals surface area contributed by atoms with Gasteiger partial charge in [0, 0.05) is 12.4 Å². The molecule has 2 rings (SSSR count). The quantitative estimate of drug-likeness (QED) is 0.783. The van der Waals surface area contributed by atoms with Gasteiger partial charge < -0.3 is 14.8 Å². The lowest BCUT2D eigenvalue weighted by Crippen LogP contribution is -2.00. The summed E-state index contributed by atoms with van der Waals surface area (Å²) in [5.41, 5.74) is 0.362. The number of hydrogen-bond acceptors (Lipinski definition) is 2. The first-order valence-electron chi connectivity index (χ1n) is 4.39. The summed E-state index contributed by atoms with van der Waals surface area (Å²) in [6.45, 7) is 0. The maximum absolute atomic E-state index is 10.8. The van der Waals surface area contributed by atoms with Crippen molar-refractivity contribution in [2.24, 2.45) is 0 Å². The predicted molar refractivity (Wildman–Crippen MR) is 54.4 cm³/mol. The van der Waals surface area contributed by atoms with E-state index in [0.717, 1.165) is 0 Å². The number of carboxylic acid groups (broad SMARTS) is 1. The molecule has 4 nitrogen and oxygen atoms in total. The van der Waals surface area contributed by atoms with E-state index < -0.39 is 5.97 Å². The number of phenols is 1. The van der Waals surface area contributed by atoms with Crippen LogP contribution in [0.4, 0.5) is 0 Å². The second-order valence-electron chi connectivity index (χ2n) is 3.07. The fourth-order valence-electron chi connectivity index (χ4n) is 1.41. The smallest absolute Gasteiger partial charge is 0.339 e. The van der Waals surface area contributed by atoms with Crippen molar-refractivity contribution in [2.75, 3.05) is 0 Å². The fraction of sp³-hybridized carbons (Fsp3) is 0. The van der Waals surface area contributed by atoms with Gasteiger partial charge in [-0.1, -0.05) is 6.07 Å². The molecule has 76 valence electrons. The maximum Gasteiger partial charge on any atom is 0.339 e. The molecule has 0 saturated heterocycles. The summed E-state index contributed by atoms with van der Waals surface area (Å²) in [6.07, 6.45) is 3.47. The summed E-state index contributed by atoms with van der Waals surface area (Å²) in [5.74, 6) is -1.36. The van der Waals surface area contributed by atoms with Crippen LogP contribution in [-0.4, -0.2) is 20.7 Å². The Labute approximate surface area is 86.0 Å². The average molecular weight is 203 g/mol. The van der Waals surface area contributed by atoms with Gasteiger partial charge >= 0.3 is 5.97 Å². The normalized spacial score (nSPS) is 10.1. The van der Waals surface area contributed by atoms with Crippen molar-refractivity contribution in [3.63, 3.8) is 0 Å². The van der Waals surface area contributed by atoms with Crippen molar-refractivity contribution in [3.05, 3.63) is 48.3 Å². The van der Waals surface area contributed by atoms with Gasteiger partial charge in [-0.25, -0.2) is 4.79 Å². The molecule has 1 aromatic carbocycles. The molecule has 0 bridgehead atoms. The molecule has 0 aliphatic carbocycles. The molecular weight excluding hydrogens is 194 g/mol. The maximum atomic E-state index is 10.8. The molecule has 0 spiro atoms. The highest BCUT2D eigenvalue weighted by molar-refractivity contribution is 5.92. The van der Waals surface area contributed by atoms with Crippen molar-refractivity contribution in [1.29, 1.82) is 0 Å². The minimum Gasteiger partial charge on any atom is -0.505 e. The molecular formula is C11H9NO3. The highest BCUT2D eigenvalue weighted by atomic mass is 16.4. The highest BCUT2D eigenvalue weighted by Crippen LogP contribution is 2.25. The number of carboxylic acids is 1. The molecule has 0 aliphatic rings. The third-order valence-electron chi connectivity index (χ3n) is 2.13. The Balaban J connectivity index is 2.59. The van der Waals surface area contributed by atoms with Crippen LogP contribution in [0, 0.1) is 0 Å². The summed E-state index contributed by atoms with van der Waals surface area (Å²) in [5, 5.41) is 18.5. The average Bonchev–Trinajstić information content (AvgIpc) is 2.70. The first kappa shape index (κ1) is 9.33. The minimum atomic E-state index is -1.14. The highest BCUT2D eigenvalue weighted by Gasteiger charge is 2.13. The van der Waals surface area contributed by atoms with Gasteiger partial charge in [0.05, 0.1) is 5.69 Å². The first-order valence-corrected chi connectivity index (χ1v) is 4.39. The molecule has 0 radical (unpaired) electrons. The number of para-hydroxylation sites is 1. The monoisotopic (exact) mass is 203 g/mol. The summed E-state index contributed by atoms with van der Waals surface area (Å²) in [6, 6.07) is 8.21. The van der Waals surface area contributed by atoms with Crippen LogP contribution in [0.2, 0.25) is 0 Å². The van der Waals surface area contributed by atoms with Gasteiger partial charge in [0.15, 0.2) is 5.75 Å². The molecule has 4 heteroatoms. The molecule has 0 fully saturated rings. The molecule has 0 atom stereocenters. The number of aromatic carboxylic acids is 1. The number of nitrogens with zero attached hydrogens (tertiary/aromatic N) is 1. The van der Waals surface area contributed by atoms with Crippen molar-refractivity contribution in [1.82, 2.24) is 4.57 Å². The van der Waals surface area contributed by atoms with E-state index in [1.54, 1.807) is 41.2 Å². The first-order chi connectivity index (χ1) is 7.20.